The smallest absolute Gasteiger partial charge is 0.250 e. The predicted octanol–water partition coefficient (Wildman–Crippen LogP) is 0.955. The van der Waals surface area contributed by atoms with Crippen molar-refractivity contribution in [3.63, 3.8) is 0 Å². The standard InChI is InChI=1S/C16H19N3O4/c1-21-13-4-2-11(3-5-13)14-8-12(19-23-14)9-18-16(20)15-10-17-6-7-22-15/h2-5,8,15,17H,6-7,9-10H2,1H3,(H,18,20)/t15-/m1/s1. The zero-order chi connectivity index (χ0) is 16.1. The van der Waals surface area contributed by atoms with Crippen LogP contribution in [0.25, 0.3) is 11.3 Å². The molecule has 7 heteroatoms. The van der Waals surface area contributed by atoms with E-state index in [-0.39, 0.29) is 5.91 Å². The van der Waals surface area contributed by atoms with E-state index in [4.69, 9.17) is 14.0 Å². The molecule has 1 amide bonds. The van der Waals surface area contributed by atoms with Crippen LogP contribution >= 0.6 is 0 Å². The normalized spacial score (nSPS) is 17.7. The van der Waals surface area contributed by atoms with Crippen molar-refractivity contribution in [3.05, 3.63) is 36.0 Å². The third kappa shape index (κ3) is 3.88. The summed E-state index contributed by atoms with van der Waals surface area (Å²) in [5.74, 6) is 1.28. The Morgan fingerprint density at radius 3 is 2.96 bits per heavy atom. The number of hydrogen-bond donors (Lipinski definition) is 2. The molecule has 0 bridgehead atoms. The van der Waals surface area contributed by atoms with Crippen LogP contribution in [0.2, 0.25) is 0 Å². The monoisotopic (exact) mass is 317 g/mol. The van der Waals surface area contributed by atoms with Crippen LogP contribution in [0, 0.1) is 0 Å². The van der Waals surface area contributed by atoms with Crippen molar-refractivity contribution in [1.82, 2.24) is 15.8 Å². The summed E-state index contributed by atoms with van der Waals surface area (Å²) in [4.78, 5) is 12.0. The molecule has 1 aromatic heterocycles. The SMILES string of the molecule is COc1ccc(-c2cc(CNC(=O)[C@H]3CNCCO3)no2)cc1. The van der Waals surface area contributed by atoms with Gasteiger partial charge in [0.1, 0.15) is 17.5 Å². The van der Waals surface area contributed by atoms with Gasteiger partial charge in [0.2, 0.25) is 0 Å². The van der Waals surface area contributed by atoms with Gasteiger partial charge in [-0.3, -0.25) is 4.79 Å². The number of nitrogens with one attached hydrogen (secondary N) is 2. The highest BCUT2D eigenvalue weighted by atomic mass is 16.5. The van der Waals surface area contributed by atoms with Gasteiger partial charge >= 0.3 is 0 Å². The summed E-state index contributed by atoms with van der Waals surface area (Å²) in [6.45, 7) is 2.15. The molecule has 1 aliphatic heterocycles. The quantitative estimate of drug-likeness (QED) is 0.854. The number of ether oxygens (including phenoxy) is 2. The summed E-state index contributed by atoms with van der Waals surface area (Å²) in [6, 6.07) is 9.30. The fourth-order valence-corrected chi connectivity index (χ4v) is 2.31. The molecule has 0 radical (unpaired) electrons. The molecule has 0 spiro atoms. The number of carbonyl (C=O) groups is 1. The van der Waals surface area contributed by atoms with Crippen LogP contribution in [0.1, 0.15) is 5.69 Å². The number of nitrogens with zero attached hydrogens (tertiary/aromatic N) is 1. The van der Waals surface area contributed by atoms with Gasteiger partial charge in [-0.15, -0.1) is 0 Å². The van der Waals surface area contributed by atoms with Crippen LogP contribution in [-0.2, 0) is 16.1 Å². The number of benzene rings is 1. The van der Waals surface area contributed by atoms with Crippen LogP contribution in [0.5, 0.6) is 5.75 Å². The van der Waals surface area contributed by atoms with Gasteiger partial charge in [0.25, 0.3) is 5.91 Å². The second kappa shape index (κ2) is 7.26. The lowest BCUT2D eigenvalue weighted by atomic mass is 10.1. The molecule has 7 nitrogen and oxygen atoms in total. The maximum Gasteiger partial charge on any atom is 0.250 e. The Kier molecular flexibility index (Phi) is 4.89. The van der Waals surface area contributed by atoms with Gasteiger partial charge < -0.3 is 24.6 Å². The van der Waals surface area contributed by atoms with Crippen molar-refractivity contribution in [3.8, 4) is 17.1 Å². The Balaban J connectivity index is 1.57. The molecular weight excluding hydrogens is 298 g/mol. The highest BCUT2D eigenvalue weighted by Crippen LogP contribution is 2.23. The molecule has 0 saturated carbocycles. The number of amides is 1. The zero-order valence-corrected chi connectivity index (χ0v) is 12.9. The van der Waals surface area contributed by atoms with Gasteiger partial charge in [0.15, 0.2) is 5.76 Å². The van der Waals surface area contributed by atoms with Crippen LogP contribution in [0.4, 0.5) is 0 Å². The first-order valence-electron chi connectivity index (χ1n) is 7.46. The topological polar surface area (TPSA) is 85.6 Å². The van der Waals surface area contributed by atoms with E-state index in [1.54, 1.807) is 7.11 Å². The van der Waals surface area contributed by atoms with Gasteiger partial charge in [-0.2, -0.15) is 0 Å². The summed E-state index contributed by atoms with van der Waals surface area (Å²) < 4.78 is 15.8. The van der Waals surface area contributed by atoms with E-state index in [1.807, 2.05) is 30.3 Å². The van der Waals surface area contributed by atoms with Crippen molar-refractivity contribution in [2.75, 3.05) is 26.8 Å². The molecule has 122 valence electrons. The highest BCUT2D eigenvalue weighted by molar-refractivity contribution is 5.81. The number of methoxy groups -OCH3 is 1. The van der Waals surface area contributed by atoms with E-state index in [2.05, 4.69) is 15.8 Å². The minimum absolute atomic E-state index is 0.147. The molecule has 0 aliphatic carbocycles. The number of rotatable bonds is 5. The second-order valence-corrected chi connectivity index (χ2v) is 5.19. The first kappa shape index (κ1) is 15.5. The number of carbonyl (C=O) groups excluding carboxylic acids is 1. The Hall–Kier alpha value is -2.38. The Morgan fingerprint density at radius 1 is 1.43 bits per heavy atom. The third-order valence-corrected chi connectivity index (χ3v) is 3.60. The number of hydrogen-bond acceptors (Lipinski definition) is 6. The molecule has 2 aromatic rings. The van der Waals surface area contributed by atoms with Gasteiger partial charge in [-0.05, 0) is 24.3 Å². The Bertz CT molecular complexity index is 648. The zero-order valence-electron chi connectivity index (χ0n) is 12.9. The van der Waals surface area contributed by atoms with Crippen LogP contribution < -0.4 is 15.4 Å². The third-order valence-electron chi connectivity index (χ3n) is 3.60. The van der Waals surface area contributed by atoms with Crippen molar-refractivity contribution >= 4 is 5.91 Å². The number of morpholine rings is 1. The molecule has 1 atom stereocenters. The van der Waals surface area contributed by atoms with E-state index in [0.29, 0.717) is 31.2 Å². The molecular formula is C16H19N3O4. The van der Waals surface area contributed by atoms with Gasteiger partial charge in [0.05, 0.1) is 20.3 Å². The Morgan fingerprint density at radius 2 is 2.26 bits per heavy atom. The summed E-state index contributed by atoms with van der Waals surface area (Å²) in [7, 11) is 1.62. The Labute approximate surface area is 133 Å². The van der Waals surface area contributed by atoms with Gasteiger partial charge in [-0.1, -0.05) is 5.16 Å². The fourth-order valence-electron chi connectivity index (χ4n) is 2.31. The summed E-state index contributed by atoms with van der Waals surface area (Å²) in [6.07, 6.45) is -0.447. The van der Waals surface area contributed by atoms with Crippen LogP contribution in [0.15, 0.2) is 34.9 Å². The van der Waals surface area contributed by atoms with Crippen LogP contribution in [-0.4, -0.2) is 44.0 Å². The molecule has 2 heterocycles. The second-order valence-electron chi connectivity index (χ2n) is 5.19. The average Bonchev–Trinajstić information content (AvgIpc) is 3.09. The lowest BCUT2D eigenvalue weighted by Crippen LogP contribution is -2.47. The first-order chi connectivity index (χ1) is 11.3. The predicted molar refractivity (Wildman–Crippen MR) is 82.9 cm³/mol. The minimum Gasteiger partial charge on any atom is -0.497 e. The van der Waals surface area contributed by atoms with Crippen molar-refractivity contribution in [2.24, 2.45) is 0 Å². The molecule has 2 N–H and O–H groups in total. The lowest BCUT2D eigenvalue weighted by Gasteiger charge is -2.22. The lowest BCUT2D eigenvalue weighted by molar-refractivity contribution is -0.134. The highest BCUT2D eigenvalue weighted by Gasteiger charge is 2.21. The van der Waals surface area contributed by atoms with Crippen molar-refractivity contribution < 1.29 is 18.8 Å². The largest absolute Gasteiger partial charge is 0.497 e. The van der Waals surface area contributed by atoms with Crippen LogP contribution in [0.3, 0.4) is 0 Å². The summed E-state index contributed by atoms with van der Waals surface area (Å²) >= 11 is 0. The molecule has 23 heavy (non-hydrogen) atoms. The van der Waals surface area contributed by atoms with Gasteiger partial charge in [0, 0.05) is 24.7 Å². The number of aromatic nitrogens is 1. The van der Waals surface area contributed by atoms with Crippen molar-refractivity contribution in [1.29, 1.82) is 0 Å². The molecule has 3 rings (SSSR count). The van der Waals surface area contributed by atoms with E-state index in [9.17, 15) is 4.79 Å². The van der Waals surface area contributed by atoms with E-state index in [0.717, 1.165) is 17.9 Å². The molecule has 0 unspecified atom stereocenters. The molecule has 1 saturated heterocycles. The van der Waals surface area contributed by atoms with Crippen molar-refractivity contribution in [2.45, 2.75) is 12.6 Å². The summed E-state index contributed by atoms with van der Waals surface area (Å²) in [5, 5.41) is 9.90. The molecule has 1 aliphatic rings. The maximum absolute atomic E-state index is 12.0. The summed E-state index contributed by atoms with van der Waals surface area (Å²) in [5.41, 5.74) is 1.56. The maximum atomic E-state index is 12.0. The minimum atomic E-state index is -0.447. The molecule has 1 fully saturated rings. The van der Waals surface area contributed by atoms with E-state index >= 15 is 0 Å². The van der Waals surface area contributed by atoms with E-state index < -0.39 is 6.10 Å². The fraction of sp³-hybridized carbons (Fsp3) is 0.375. The van der Waals surface area contributed by atoms with E-state index in [1.165, 1.54) is 0 Å². The average molecular weight is 317 g/mol. The van der Waals surface area contributed by atoms with Gasteiger partial charge in [-0.25, -0.2) is 0 Å². The first-order valence-corrected chi connectivity index (χ1v) is 7.46. The molecule has 1 aromatic carbocycles.